The van der Waals surface area contributed by atoms with Crippen LogP contribution in [0.3, 0.4) is 0 Å². The highest BCUT2D eigenvalue weighted by Gasteiger charge is 2.37. The fourth-order valence-corrected chi connectivity index (χ4v) is 2.69. The van der Waals surface area contributed by atoms with Crippen molar-refractivity contribution in [3.05, 3.63) is 0 Å². The van der Waals surface area contributed by atoms with Gasteiger partial charge in [-0.3, -0.25) is 0 Å². The van der Waals surface area contributed by atoms with Gasteiger partial charge in [-0.25, -0.2) is 0 Å². The molecule has 1 unspecified atom stereocenters. The molecule has 106 valence electrons. The van der Waals surface area contributed by atoms with Gasteiger partial charge >= 0.3 is 0 Å². The van der Waals surface area contributed by atoms with Crippen molar-refractivity contribution in [2.75, 3.05) is 6.61 Å². The van der Waals surface area contributed by atoms with Crippen LogP contribution in [-0.4, -0.2) is 34.2 Å². The Morgan fingerprint density at radius 2 is 1.61 bits per heavy atom. The zero-order valence-corrected chi connectivity index (χ0v) is 15.3. The molecule has 0 spiro atoms. The number of aliphatic hydroxyl groups is 1. The van der Waals surface area contributed by atoms with Crippen molar-refractivity contribution in [2.24, 2.45) is 0 Å². The molecule has 0 aromatic heterocycles. The Kier molecular flexibility index (Phi) is 6.35. The van der Waals surface area contributed by atoms with Gasteiger partial charge in [0.05, 0.1) is 12.7 Å². The summed E-state index contributed by atoms with van der Waals surface area (Å²) < 4.78 is 5.97. The van der Waals surface area contributed by atoms with E-state index in [1.54, 1.807) is 0 Å². The minimum atomic E-state index is -1.74. The van der Waals surface area contributed by atoms with Crippen molar-refractivity contribution in [2.45, 2.75) is 71.1 Å². The largest absolute Gasteiger partial charge is 0.414 e. The van der Waals surface area contributed by atoms with E-state index in [-0.39, 0.29) is 5.04 Å². The van der Waals surface area contributed by atoms with Crippen molar-refractivity contribution in [3.8, 4) is 11.5 Å². The maximum absolute atomic E-state index is 9.89. The lowest BCUT2D eigenvalue weighted by molar-refractivity contribution is 0.104. The first kappa shape index (κ1) is 17.9. The quantitative estimate of drug-likeness (QED) is 0.631. The van der Waals surface area contributed by atoms with Gasteiger partial charge in [-0.15, -0.1) is 11.5 Å². The van der Waals surface area contributed by atoms with Crippen LogP contribution in [0.25, 0.3) is 0 Å². The summed E-state index contributed by atoms with van der Waals surface area (Å²) in [5.41, 5.74) is 3.26. The van der Waals surface area contributed by atoms with Crippen molar-refractivity contribution < 1.29 is 9.53 Å². The Bertz CT molecular complexity index is 313. The van der Waals surface area contributed by atoms with Crippen molar-refractivity contribution in [1.82, 2.24) is 0 Å². The molecule has 0 radical (unpaired) electrons. The summed E-state index contributed by atoms with van der Waals surface area (Å²) in [6.07, 6.45) is 0.0711. The zero-order valence-electron chi connectivity index (χ0n) is 13.3. The summed E-state index contributed by atoms with van der Waals surface area (Å²) in [6.45, 7) is 18.1. The Hall–Kier alpha value is -0.0862. The van der Waals surface area contributed by atoms with Crippen LogP contribution in [0.15, 0.2) is 0 Å². The van der Waals surface area contributed by atoms with Gasteiger partial charge in [0.25, 0.3) is 0 Å². The van der Waals surface area contributed by atoms with Crippen LogP contribution in [0, 0.1) is 11.5 Å². The summed E-state index contributed by atoms with van der Waals surface area (Å²) in [5, 5.41) is 10.1. The Morgan fingerprint density at radius 1 is 1.11 bits per heavy atom. The van der Waals surface area contributed by atoms with E-state index < -0.39 is 22.5 Å². The first-order valence-corrected chi connectivity index (χ1v) is 13.1. The van der Waals surface area contributed by atoms with Gasteiger partial charge in [-0.2, -0.15) is 0 Å². The molecule has 0 heterocycles. The molecule has 18 heavy (non-hydrogen) atoms. The molecule has 0 bridgehead atoms. The highest BCUT2D eigenvalue weighted by Crippen LogP contribution is 2.36. The lowest BCUT2D eigenvalue weighted by Crippen LogP contribution is -2.42. The van der Waals surface area contributed by atoms with Crippen molar-refractivity contribution in [3.63, 3.8) is 0 Å². The van der Waals surface area contributed by atoms with Crippen LogP contribution < -0.4 is 0 Å². The predicted octanol–water partition coefficient (Wildman–Crippen LogP) is 3.64. The van der Waals surface area contributed by atoms with Gasteiger partial charge in [-0.1, -0.05) is 40.4 Å². The summed E-state index contributed by atoms with van der Waals surface area (Å²) in [6, 6.07) is 0. The Balaban J connectivity index is 4.20. The monoisotopic (exact) mass is 286 g/mol. The third kappa shape index (κ3) is 7.37. The highest BCUT2D eigenvalue weighted by molar-refractivity contribution is 6.83. The SMILES string of the molecule is CC(C)(C)[Si](C)(C)OCC(O)CC#C[Si](C)(C)C. The number of hydrogen-bond donors (Lipinski definition) is 1. The third-order valence-corrected chi connectivity index (χ3v) is 8.67. The fraction of sp³-hybridized carbons (Fsp3) is 0.857. The Morgan fingerprint density at radius 3 is 2.00 bits per heavy atom. The second-order valence-corrected chi connectivity index (χ2v) is 17.0. The molecule has 0 aliphatic heterocycles. The average molecular weight is 287 g/mol. The molecule has 0 saturated carbocycles. The van der Waals surface area contributed by atoms with Crippen LogP contribution in [0.4, 0.5) is 0 Å². The van der Waals surface area contributed by atoms with E-state index in [2.05, 4.69) is 65.0 Å². The second-order valence-electron chi connectivity index (χ2n) is 7.48. The van der Waals surface area contributed by atoms with E-state index in [0.29, 0.717) is 13.0 Å². The third-order valence-electron chi connectivity index (χ3n) is 3.24. The highest BCUT2D eigenvalue weighted by atomic mass is 28.4. The van der Waals surface area contributed by atoms with Crippen molar-refractivity contribution >= 4 is 16.4 Å². The molecule has 0 fully saturated rings. The molecule has 0 rings (SSSR count). The number of aliphatic hydroxyl groups excluding tert-OH is 1. The van der Waals surface area contributed by atoms with E-state index in [0.717, 1.165) is 0 Å². The standard InChI is InChI=1S/C14H30O2Si2/c1-14(2,3)18(7,8)16-12-13(15)10-9-11-17(4,5)6/h13,15H,10,12H2,1-8H3. The molecule has 0 amide bonds. The lowest BCUT2D eigenvalue weighted by atomic mass is 10.2. The summed E-state index contributed by atoms with van der Waals surface area (Å²) >= 11 is 0. The first-order valence-electron chi connectivity index (χ1n) is 6.67. The van der Waals surface area contributed by atoms with Gasteiger partial charge in [-0.05, 0) is 18.1 Å². The fourth-order valence-electron chi connectivity index (χ4n) is 1.01. The summed E-state index contributed by atoms with van der Waals surface area (Å²) in [5.74, 6) is 3.10. The normalized spacial score (nSPS) is 14.9. The lowest BCUT2D eigenvalue weighted by Gasteiger charge is -2.36. The van der Waals surface area contributed by atoms with E-state index in [4.69, 9.17) is 4.43 Å². The van der Waals surface area contributed by atoms with E-state index >= 15 is 0 Å². The Labute approximate surface area is 115 Å². The van der Waals surface area contributed by atoms with Gasteiger partial charge in [0, 0.05) is 6.42 Å². The molecule has 1 atom stereocenters. The molecule has 2 nitrogen and oxygen atoms in total. The van der Waals surface area contributed by atoms with E-state index in [1.165, 1.54) is 0 Å². The van der Waals surface area contributed by atoms with E-state index in [9.17, 15) is 5.11 Å². The van der Waals surface area contributed by atoms with Gasteiger partial charge in [0.15, 0.2) is 8.32 Å². The van der Waals surface area contributed by atoms with E-state index in [1.807, 2.05) is 0 Å². The van der Waals surface area contributed by atoms with Gasteiger partial charge < -0.3 is 9.53 Å². The predicted molar refractivity (Wildman–Crippen MR) is 84.9 cm³/mol. The topological polar surface area (TPSA) is 29.5 Å². The molecular formula is C14H30O2Si2. The second kappa shape index (κ2) is 6.38. The molecule has 0 aliphatic rings. The molecule has 1 N–H and O–H groups in total. The summed E-state index contributed by atoms with van der Waals surface area (Å²) in [7, 11) is -3.06. The van der Waals surface area contributed by atoms with Gasteiger partial charge in [0.1, 0.15) is 8.07 Å². The zero-order chi connectivity index (χ0) is 14.6. The minimum absolute atomic E-state index is 0.191. The van der Waals surface area contributed by atoms with Crippen LogP contribution in [0.2, 0.25) is 37.8 Å². The molecule has 0 saturated heterocycles. The van der Waals surface area contributed by atoms with Gasteiger partial charge in [0.2, 0.25) is 0 Å². The molecule has 4 heteroatoms. The number of hydrogen-bond acceptors (Lipinski definition) is 2. The molecule has 0 aromatic carbocycles. The maximum Gasteiger partial charge on any atom is 0.192 e. The minimum Gasteiger partial charge on any atom is -0.414 e. The maximum atomic E-state index is 9.89. The number of rotatable bonds is 4. The van der Waals surface area contributed by atoms with Crippen LogP contribution >= 0.6 is 0 Å². The van der Waals surface area contributed by atoms with Crippen LogP contribution in [0.5, 0.6) is 0 Å². The molecular weight excluding hydrogens is 256 g/mol. The van der Waals surface area contributed by atoms with Crippen LogP contribution in [0.1, 0.15) is 27.2 Å². The van der Waals surface area contributed by atoms with Crippen molar-refractivity contribution in [1.29, 1.82) is 0 Å². The summed E-state index contributed by atoms with van der Waals surface area (Å²) in [4.78, 5) is 0. The first-order chi connectivity index (χ1) is 7.85. The average Bonchev–Trinajstić information content (AvgIpc) is 2.11. The smallest absolute Gasteiger partial charge is 0.192 e. The molecule has 0 aromatic rings. The molecule has 0 aliphatic carbocycles. The van der Waals surface area contributed by atoms with Crippen LogP contribution in [-0.2, 0) is 4.43 Å².